The standard InChI is InChI=1S/C21H24N2O6S/c1-20(2,26)10-6-5-7-15-8-9-17-16(13-15)14-23(18(17)24)12-11-21(3,19(25)22-27)30(4,28)29/h8-9,13,26-27H,11-12,14H2,1-4H3,(H,22,25)/t21-/m1/s1. The van der Waals surface area contributed by atoms with Crippen LogP contribution in [0.2, 0.25) is 0 Å². The van der Waals surface area contributed by atoms with Crippen molar-refractivity contribution >= 4 is 21.7 Å². The molecule has 1 aliphatic rings. The number of carbonyl (C=O) groups excluding carboxylic acids is 2. The number of aliphatic hydroxyl groups is 1. The zero-order chi connectivity index (χ0) is 22.7. The van der Waals surface area contributed by atoms with Gasteiger partial charge in [-0.2, -0.15) is 0 Å². The third kappa shape index (κ3) is 5.19. The Morgan fingerprint density at radius 2 is 1.93 bits per heavy atom. The van der Waals surface area contributed by atoms with E-state index in [1.54, 1.807) is 32.0 Å². The molecule has 1 aromatic carbocycles. The van der Waals surface area contributed by atoms with E-state index < -0.39 is 26.1 Å². The van der Waals surface area contributed by atoms with E-state index >= 15 is 0 Å². The van der Waals surface area contributed by atoms with E-state index in [0.717, 1.165) is 11.8 Å². The molecule has 8 nitrogen and oxygen atoms in total. The minimum absolute atomic E-state index is 0.0164. The molecule has 1 heterocycles. The van der Waals surface area contributed by atoms with E-state index in [1.165, 1.54) is 17.3 Å². The van der Waals surface area contributed by atoms with Crippen LogP contribution in [0.5, 0.6) is 0 Å². The number of sulfone groups is 1. The number of rotatable bonds is 5. The summed E-state index contributed by atoms with van der Waals surface area (Å²) in [6.07, 6.45) is 0.742. The topological polar surface area (TPSA) is 124 Å². The molecular weight excluding hydrogens is 408 g/mol. The quantitative estimate of drug-likeness (QED) is 0.353. The van der Waals surface area contributed by atoms with Gasteiger partial charge in [-0.3, -0.25) is 14.8 Å². The monoisotopic (exact) mass is 432 g/mol. The molecule has 160 valence electrons. The average molecular weight is 432 g/mol. The third-order valence-corrected chi connectivity index (χ3v) is 6.91. The Balaban J connectivity index is 2.17. The van der Waals surface area contributed by atoms with Crippen LogP contribution in [0.4, 0.5) is 0 Å². The van der Waals surface area contributed by atoms with E-state index in [-0.39, 0.29) is 25.4 Å². The number of nitrogens with one attached hydrogen (secondary N) is 1. The van der Waals surface area contributed by atoms with Crippen LogP contribution in [0.1, 0.15) is 48.7 Å². The second-order valence-electron chi connectivity index (χ2n) is 7.85. The highest BCUT2D eigenvalue weighted by Gasteiger charge is 2.44. The van der Waals surface area contributed by atoms with Crippen molar-refractivity contribution in [2.45, 2.75) is 44.1 Å². The first-order valence-corrected chi connectivity index (χ1v) is 11.0. The summed E-state index contributed by atoms with van der Waals surface area (Å²) in [5.74, 6) is 9.34. The fraction of sp³-hybridized carbons (Fsp3) is 0.429. The molecule has 0 bridgehead atoms. The lowest BCUT2D eigenvalue weighted by atomic mass is 10.1. The van der Waals surface area contributed by atoms with E-state index in [1.807, 2.05) is 0 Å². The van der Waals surface area contributed by atoms with Gasteiger partial charge in [0.25, 0.3) is 11.8 Å². The first kappa shape index (κ1) is 23.4. The number of nitrogens with zero attached hydrogens (tertiary/aromatic N) is 1. The van der Waals surface area contributed by atoms with Crippen LogP contribution in [0.3, 0.4) is 0 Å². The van der Waals surface area contributed by atoms with Crippen LogP contribution in [0, 0.1) is 23.7 Å². The van der Waals surface area contributed by atoms with Gasteiger partial charge in [-0.1, -0.05) is 11.8 Å². The van der Waals surface area contributed by atoms with E-state index in [0.29, 0.717) is 11.1 Å². The summed E-state index contributed by atoms with van der Waals surface area (Å²) in [6.45, 7) is 4.58. The van der Waals surface area contributed by atoms with Gasteiger partial charge in [0.15, 0.2) is 14.6 Å². The summed E-state index contributed by atoms with van der Waals surface area (Å²) in [7, 11) is -3.84. The van der Waals surface area contributed by atoms with Crippen LogP contribution >= 0.6 is 0 Å². The summed E-state index contributed by atoms with van der Waals surface area (Å²) in [5.41, 5.74) is 2.12. The summed E-state index contributed by atoms with van der Waals surface area (Å²) in [4.78, 5) is 26.0. The largest absolute Gasteiger partial charge is 0.378 e. The molecule has 0 saturated carbocycles. The summed E-state index contributed by atoms with van der Waals surface area (Å²) >= 11 is 0. The molecule has 9 heteroatoms. The smallest absolute Gasteiger partial charge is 0.264 e. The predicted molar refractivity (Wildman–Crippen MR) is 110 cm³/mol. The first-order chi connectivity index (χ1) is 13.8. The van der Waals surface area contributed by atoms with Crippen molar-refractivity contribution in [1.29, 1.82) is 0 Å². The lowest BCUT2D eigenvalue weighted by molar-refractivity contribution is -0.131. The van der Waals surface area contributed by atoms with Crippen molar-refractivity contribution in [3.8, 4) is 23.7 Å². The molecule has 0 saturated heterocycles. The number of amides is 2. The Morgan fingerprint density at radius 3 is 2.50 bits per heavy atom. The van der Waals surface area contributed by atoms with Gasteiger partial charge in [-0.05, 0) is 62.8 Å². The number of carbonyl (C=O) groups is 2. The van der Waals surface area contributed by atoms with Gasteiger partial charge in [0.2, 0.25) is 0 Å². The van der Waals surface area contributed by atoms with Crippen molar-refractivity contribution in [3.05, 3.63) is 34.9 Å². The highest BCUT2D eigenvalue weighted by atomic mass is 32.2. The first-order valence-electron chi connectivity index (χ1n) is 9.10. The summed E-state index contributed by atoms with van der Waals surface area (Å²) in [5, 5.41) is 18.4. The van der Waals surface area contributed by atoms with E-state index in [2.05, 4.69) is 23.7 Å². The van der Waals surface area contributed by atoms with Gasteiger partial charge < -0.3 is 10.0 Å². The van der Waals surface area contributed by atoms with Crippen molar-refractivity contribution in [3.63, 3.8) is 0 Å². The minimum atomic E-state index is -3.84. The highest BCUT2D eigenvalue weighted by molar-refractivity contribution is 7.92. The molecule has 0 unspecified atom stereocenters. The van der Waals surface area contributed by atoms with Crippen LogP contribution in [0.15, 0.2) is 18.2 Å². The Morgan fingerprint density at radius 1 is 1.27 bits per heavy atom. The maximum absolute atomic E-state index is 12.6. The molecule has 0 aliphatic carbocycles. The molecule has 0 spiro atoms. The minimum Gasteiger partial charge on any atom is -0.378 e. The number of benzene rings is 1. The predicted octanol–water partition coefficient (Wildman–Crippen LogP) is 0.467. The van der Waals surface area contributed by atoms with Crippen molar-refractivity contribution in [2.75, 3.05) is 12.8 Å². The molecule has 1 atom stereocenters. The third-order valence-electron chi connectivity index (χ3n) is 4.88. The number of fused-ring (bicyclic) bond motifs is 1. The lowest BCUT2D eigenvalue weighted by Gasteiger charge is -2.27. The summed E-state index contributed by atoms with van der Waals surface area (Å²) in [6, 6.07) is 5.07. The molecule has 1 aromatic rings. The molecule has 0 radical (unpaired) electrons. The van der Waals surface area contributed by atoms with Gasteiger partial charge in [-0.15, -0.1) is 0 Å². The lowest BCUT2D eigenvalue weighted by Crippen LogP contribution is -2.50. The fourth-order valence-electron chi connectivity index (χ4n) is 2.86. The molecule has 0 fully saturated rings. The Kier molecular flexibility index (Phi) is 6.63. The highest BCUT2D eigenvalue weighted by Crippen LogP contribution is 2.27. The summed E-state index contributed by atoms with van der Waals surface area (Å²) < 4.78 is 22.3. The second-order valence-corrected chi connectivity index (χ2v) is 10.3. The average Bonchev–Trinajstić information content (AvgIpc) is 2.96. The van der Waals surface area contributed by atoms with Gasteiger partial charge >= 0.3 is 0 Å². The van der Waals surface area contributed by atoms with Gasteiger partial charge in [0, 0.05) is 30.5 Å². The van der Waals surface area contributed by atoms with Crippen LogP contribution in [-0.2, 0) is 21.2 Å². The van der Waals surface area contributed by atoms with Gasteiger partial charge in [0.1, 0.15) is 5.60 Å². The molecule has 3 N–H and O–H groups in total. The zero-order valence-electron chi connectivity index (χ0n) is 17.2. The maximum atomic E-state index is 12.6. The normalized spacial score (nSPS) is 15.3. The zero-order valence-corrected chi connectivity index (χ0v) is 18.1. The number of hydroxylamine groups is 1. The van der Waals surface area contributed by atoms with Crippen molar-refractivity contribution < 1.29 is 28.3 Å². The molecule has 0 aromatic heterocycles. The Hall–Kier alpha value is -2.85. The molecule has 2 amide bonds. The van der Waals surface area contributed by atoms with Crippen LogP contribution in [0.25, 0.3) is 0 Å². The van der Waals surface area contributed by atoms with Crippen molar-refractivity contribution in [1.82, 2.24) is 10.4 Å². The van der Waals surface area contributed by atoms with E-state index in [9.17, 15) is 23.1 Å². The van der Waals surface area contributed by atoms with E-state index in [4.69, 9.17) is 5.21 Å². The van der Waals surface area contributed by atoms with Crippen LogP contribution < -0.4 is 5.48 Å². The number of hydrogen-bond donors (Lipinski definition) is 3. The Bertz CT molecular complexity index is 1100. The van der Waals surface area contributed by atoms with Gasteiger partial charge in [0.05, 0.1) is 0 Å². The molecule has 30 heavy (non-hydrogen) atoms. The molecule has 1 aliphatic heterocycles. The van der Waals surface area contributed by atoms with Crippen molar-refractivity contribution in [2.24, 2.45) is 0 Å². The molecular formula is C21H24N2O6S. The van der Waals surface area contributed by atoms with Crippen LogP contribution in [-0.4, -0.2) is 58.6 Å². The number of hydrogen-bond acceptors (Lipinski definition) is 6. The van der Waals surface area contributed by atoms with Gasteiger partial charge in [-0.25, -0.2) is 13.9 Å². The fourth-order valence-corrected chi connectivity index (χ4v) is 3.71. The molecule has 2 rings (SSSR count). The second kappa shape index (κ2) is 8.49. The maximum Gasteiger partial charge on any atom is 0.264 e. The SMILES string of the molecule is CC(C)(O)C#CC#Cc1ccc2c(c1)CN(CC[C@](C)(C(=O)NO)S(C)(=O)=O)C2=O. The Labute approximate surface area is 176 Å².